The Labute approximate surface area is 222 Å². The number of benzene rings is 2. The first-order valence-electron chi connectivity index (χ1n) is 12.4. The fraction of sp³-hybridized carbons (Fsp3) is 0.300. The molecule has 1 aliphatic rings. The maximum absolute atomic E-state index is 15.8. The van der Waals surface area contributed by atoms with Crippen molar-refractivity contribution in [1.29, 1.82) is 0 Å². The second-order valence-electron chi connectivity index (χ2n) is 10.00. The van der Waals surface area contributed by atoms with E-state index in [4.69, 9.17) is 11.2 Å². The van der Waals surface area contributed by atoms with Gasteiger partial charge in [-0.15, -0.1) is 6.42 Å². The van der Waals surface area contributed by atoms with E-state index in [9.17, 15) is 9.90 Å². The lowest BCUT2D eigenvalue weighted by Crippen LogP contribution is -2.36. The van der Waals surface area contributed by atoms with Crippen LogP contribution in [0.25, 0.3) is 0 Å². The number of hydrogen-bond acceptors (Lipinski definition) is 6. The minimum atomic E-state index is -0.857. The molecule has 0 bridgehead atoms. The first-order chi connectivity index (χ1) is 18.2. The van der Waals surface area contributed by atoms with Gasteiger partial charge in [0.2, 0.25) is 0 Å². The molecule has 0 saturated heterocycles. The molecule has 2 N–H and O–H groups in total. The molecule has 4 rings (SSSR count). The zero-order valence-electron chi connectivity index (χ0n) is 22.0. The average Bonchev–Trinajstić information content (AvgIpc) is 3.02. The van der Waals surface area contributed by atoms with Gasteiger partial charge in [0, 0.05) is 29.7 Å². The number of hydrogen-bond donors (Lipinski definition) is 2. The van der Waals surface area contributed by atoms with Crippen LogP contribution in [0.5, 0.6) is 11.5 Å². The molecule has 0 saturated carbocycles. The van der Waals surface area contributed by atoms with Crippen LogP contribution in [0.3, 0.4) is 0 Å². The number of nitrogens with one attached hydrogen (secondary N) is 1. The molecule has 3 aromatic rings. The molecule has 38 heavy (non-hydrogen) atoms. The van der Waals surface area contributed by atoms with Crippen molar-refractivity contribution in [1.82, 2.24) is 9.97 Å². The molecule has 1 unspecified atom stereocenters. The molecule has 8 heteroatoms. The third-order valence-corrected chi connectivity index (χ3v) is 6.90. The quantitative estimate of drug-likeness (QED) is 0.286. The van der Waals surface area contributed by atoms with Gasteiger partial charge in [-0.05, 0) is 48.6 Å². The highest BCUT2D eigenvalue weighted by atomic mass is 19.1. The van der Waals surface area contributed by atoms with Crippen LogP contribution >= 0.6 is 0 Å². The summed E-state index contributed by atoms with van der Waals surface area (Å²) in [4.78, 5) is 23.8. The normalized spacial score (nSPS) is 15.3. The molecule has 1 atom stereocenters. The van der Waals surface area contributed by atoms with Crippen LogP contribution in [0.4, 0.5) is 15.8 Å². The molecule has 0 fully saturated rings. The Morgan fingerprint density at radius 1 is 1.29 bits per heavy atom. The molecule has 2 heterocycles. The second kappa shape index (κ2) is 10.9. The standard InChI is InChI=1S/C30H31FN4O3/c1-6-15-38-20-11-12-21(22(31)16-20)28-19(3)23(17-30(4,5)7-2)34-27-25(9-8-10-26(27)36)35(28)29(37)24-18-32-13-14-33-24/h1,8-14,16,18,28,34,36H,7,15,17H2,2-5H3. The monoisotopic (exact) mass is 514 g/mol. The van der Waals surface area contributed by atoms with Crippen molar-refractivity contribution in [2.75, 3.05) is 16.8 Å². The summed E-state index contributed by atoms with van der Waals surface area (Å²) in [6.45, 7) is 8.27. The van der Waals surface area contributed by atoms with Gasteiger partial charge >= 0.3 is 0 Å². The summed E-state index contributed by atoms with van der Waals surface area (Å²) in [6.07, 6.45) is 11.1. The van der Waals surface area contributed by atoms with Gasteiger partial charge in [-0.1, -0.05) is 39.2 Å². The topological polar surface area (TPSA) is 87.6 Å². The molecule has 2 aromatic carbocycles. The van der Waals surface area contributed by atoms with Gasteiger partial charge in [0.1, 0.15) is 35.3 Å². The number of allylic oxidation sites excluding steroid dienone is 1. The number of phenols is 1. The van der Waals surface area contributed by atoms with E-state index in [0.29, 0.717) is 17.8 Å². The molecule has 196 valence electrons. The molecule has 1 aromatic heterocycles. The first kappa shape index (κ1) is 26.7. The van der Waals surface area contributed by atoms with Crippen LogP contribution in [0, 0.1) is 23.6 Å². The van der Waals surface area contributed by atoms with E-state index in [1.165, 1.54) is 29.6 Å². The van der Waals surface area contributed by atoms with Gasteiger partial charge in [-0.3, -0.25) is 14.7 Å². The Bertz CT molecular complexity index is 1410. The zero-order chi connectivity index (χ0) is 27.4. The number of phenolic OH excluding ortho intramolecular Hbond substituents is 1. The van der Waals surface area contributed by atoms with E-state index < -0.39 is 17.8 Å². The number of anilines is 2. The summed E-state index contributed by atoms with van der Waals surface area (Å²) in [6, 6.07) is 8.55. The SMILES string of the molecule is C#CCOc1ccc(C2C(C)=C(CC(C)(C)CC)Nc3c(O)cccc3N2C(=O)c2cnccn2)c(F)c1. The molecule has 1 aliphatic heterocycles. The highest BCUT2D eigenvalue weighted by Gasteiger charge is 2.38. The Morgan fingerprint density at radius 3 is 2.74 bits per heavy atom. The van der Waals surface area contributed by atoms with Crippen LogP contribution < -0.4 is 15.0 Å². The van der Waals surface area contributed by atoms with Crippen LogP contribution in [-0.4, -0.2) is 27.6 Å². The maximum atomic E-state index is 15.8. The van der Waals surface area contributed by atoms with Crippen molar-refractivity contribution in [3.8, 4) is 23.8 Å². The summed E-state index contributed by atoms with van der Waals surface area (Å²) in [5.74, 6) is 1.58. The van der Waals surface area contributed by atoms with Gasteiger partial charge in [0.15, 0.2) is 0 Å². The van der Waals surface area contributed by atoms with Crippen LogP contribution in [0.15, 0.2) is 66.3 Å². The number of aromatic hydroxyl groups is 1. The number of fused-ring (bicyclic) bond motifs is 1. The lowest BCUT2D eigenvalue weighted by atomic mass is 9.83. The predicted octanol–water partition coefficient (Wildman–Crippen LogP) is 6.25. The largest absolute Gasteiger partial charge is 0.506 e. The number of terminal acetylenes is 1. The number of rotatable bonds is 7. The Balaban J connectivity index is 1.99. The number of amides is 1. The number of carbonyl (C=O) groups excluding carboxylic acids is 1. The molecule has 0 radical (unpaired) electrons. The van der Waals surface area contributed by atoms with E-state index in [1.807, 2.05) is 6.92 Å². The highest BCUT2D eigenvalue weighted by Crippen LogP contribution is 2.48. The molecular formula is C30H31FN4O3. The van der Waals surface area contributed by atoms with E-state index in [-0.39, 0.29) is 34.8 Å². The molecule has 1 amide bonds. The number of carbonyl (C=O) groups is 1. The number of para-hydroxylation sites is 1. The van der Waals surface area contributed by atoms with Crippen molar-refractivity contribution >= 4 is 17.3 Å². The van der Waals surface area contributed by atoms with Gasteiger partial charge in [-0.25, -0.2) is 9.37 Å². The van der Waals surface area contributed by atoms with Crippen LogP contribution in [0.2, 0.25) is 0 Å². The Hall–Kier alpha value is -4.38. The zero-order valence-corrected chi connectivity index (χ0v) is 22.0. The molecule has 0 aliphatic carbocycles. The van der Waals surface area contributed by atoms with E-state index in [1.54, 1.807) is 30.3 Å². The molecular weight excluding hydrogens is 483 g/mol. The summed E-state index contributed by atoms with van der Waals surface area (Å²) < 4.78 is 21.2. The van der Waals surface area contributed by atoms with Crippen molar-refractivity contribution in [2.45, 2.75) is 46.6 Å². The highest BCUT2D eigenvalue weighted by molar-refractivity contribution is 6.08. The van der Waals surface area contributed by atoms with Gasteiger partial charge in [-0.2, -0.15) is 0 Å². The number of nitrogens with zero attached hydrogens (tertiary/aromatic N) is 3. The predicted molar refractivity (Wildman–Crippen MR) is 145 cm³/mol. The summed E-state index contributed by atoms with van der Waals surface area (Å²) in [5, 5.41) is 14.3. The second-order valence-corrected chi connectivity index (χ2v) is 10.00. The average molecular weight is 515 g/mol. The minimum absolute atomic E-state index is 0.00521. The van der Waals surface area contributed by atoms with Gasteiger partial charge in [0.25, 0.3) is 5.91 Å². The van der Waals surface area contributed by atoms with Gasteiger partial charge in [0.05, 0.1) is 17.9 Å². The maximum Gasteiger partial charge on any atom is 0.279 e. The van der Waals surface area contributed by atoms with E-state index >= 15 is 4.39 Å². The summed E-state index contributed by atoms with van der Waals surface area (Å²) in [7, 11) is 0. The van der Waals surface area contributed by atoms with Crippen molar-refractivity contribution < 1.29 is 19.0 Å². The number of halogens is 1. The first-order valence-corrected chi connectivity index (χ1v) is 12.4. The molecule has 0 spiro atoms. The molecule has 7 nitrogen and oxygen atoms in total. The number of ether oxygens (including phenoxy) is 1. The fourth-order valence-corrected chi connectivity index (χ4v) is 4.47. The van der Waals surface area contributed by atoms with Gasteiger partial charge < -0.3 is 15.2 Å². The fourth-order valence-electron chi connectivity index (χ4n) is 4.47. The minimum Gasteiger partial charge on any atom is -0.506 e. The van der Waals surface area contributed by atoms with E-state index in [0.717, 1.165) is 17.7 Å². The smallest absolute Gasteiger partial charge is 0.279 e. The van der Waals surface area contributed by atoms with Crippen molar-refractivity contribution in [2.24, 2.45) is 5.41 Å². The Morgan fingerprint density at radius 2 is 2.08 bits per heavy atom. The van der Waals surface area contributed by atoms with Crippen molar-refractivity contribution in [3.05, 3.63) is 83.3 Å². The lowest BCUT2D eigenvalue weighted by molar-refractivity contribution is 0.0974. The van der Waals surface area contributed by atoms with Crippen LogP contribution in [0.1, 0.15) is 62.6 Å². The lowest BCUT2D eigenvalue weighted by Gasteiger charge is -2.33. The van der Waals surface area contributed by atoms with Crippen molar-refractivity contribution in [3.63, 3.8) is 0 Å². The van der Waals surface area contributed by atoms with E-state index in [2.05, 4.69) is 42.0 Å². The number of aromatic nitrogens is 2. The third kappa shape index (κ3) is 5.32. The third-order valence-electron chi connectivity index (χ3n) is 6.90. The Kier molecular flexibility index (Phi) is 7.67. The summed E-state index contributed by atoms with van der Waals surface area (Å²) >= 11 is 0. The van der Waals surface area contributed by atoms with Crippen LogP contribution in [-0.2, 0) is 0 Å². The summed E-state index contributed by atoms with van der Waals surface area (Å²) in [5.41, 5.74) is 2.53.